The van der Waals surface area contributed by atoms with Gasteiger partial charge in [-0.15, -0.1) is 0 Å². The Labute approximate surface area is 118 Å². The van der Waals surface area contributed by atoms with E-state index in [1.165, 1.54) is 31.2 Å². The fourth-order valence-corrected chi connectivity index (χ4v) is 1.57. The predicted octanol–water partition coefficient (Wildman–Crippen LogP) is 2.09. The lowest BCUT2D eigenvalue weighted by Gasteiger charge is -2.06. The molecule has 104 valence electrons. The van der Waals surface area contributed by atoms with Gasteiger partial charge in [0, 0.05) is 18.2 Å². The number of unbranched alkanes of at least 4 members (excludes halogenated alkanes) is 2. The van der Waals surface area contributed by atoms with Crippen molar-refractivity contribution >= 4 is 23.5 Å². The molecule has 0 aliphatic heterocycles. The van der Waals surface area contributed by atoms with Crippen LogP contribution in [0.15, 0.2) is 23.3 Å². The minimum absolute atomic E-state index is 0.00993. The molecule has 1 aromatic rings. The van der Waals surface area contributed by atoms with Crippen LogP contribution in [0.25, 0.3) is 0 Å². The normalized spacial score (nSPS) is 10.6. The van der Waals surface area contributed by atoms with Crippen LogP contribution in [0, 0.1) is 0 Å². The van der Waals surface area contributed by atoms with Gasteiger partial charge in [0.15, 0.2) is 5.11 Å². The van der Waals surface area contributed by atoms with Crippen molar-refractivity contribution in [3.63, 3.8) is 0 Å². The zero-order valence-corrected chi connectivity index (χ0v) is 11.7. The maximum absolute atomic E-state index is 9.53. The van der Waals surface area contributed by atoms with Gasteiger partial charge in [-0.2, -0.15) is 5.10 Å². The fraction of sp³-hybridized carbons (Fsp3) is 0.385. The van der Waals surface area contributed by atoms with E-state index in [9.17, 15) is 5.11 Å². The summed E-state index contributed by atoms with van der Waals surface area (Å²) in [6, 6.07) is 4.29. The van der Waals surface area contributed by atoms with Gasteiger partial charge >= 0.3 is 0 Å². The molecule has 0 aliphatic rings. The van der Waals surface area contributed by atoms with Crippen LogP contribution in [0.1, 0.15) is 31.7 Å². The molecule has 5 nitrogen and oxygen atoms in total. The molecule has 0 aliphatic carbocycles. The highest BCUT2D eigenvalue weighted by molar-refractivity contribution is 7.80. The molecule has 1 rings (SSSR count). The molecule has 0 unspecified atom stereocenters. The van der Waals surface area contributed by atoms with Crippen LogP contribution in [0.3, 0.4) is 0 Å². The number of nitrogens with zero attached hydrogens (tertiary/aromatic N) is 1. The third-order valence-corrected chi connectivity index (χ3v) is 2.69. The summed E-state index contributed by atoms with van der Waals surface area (Å²) < 4.78 is 0. The first-order chi connectivity index (χ1) is 9.13. The van der Waals surface area contributed by atoms with Gasteiger partial charge in [0.05, 0.1) is 6.21 Å². The Kier molecular flexibility index (Phi) is 6.67. The molecule has 6 heteroatoms. The summed E-state index contributed by atoms with van der Waals surface area (Å²) in [5, 5.41) is 26.1. The third-order valence-electron chi connectivity index (χ3n) is 2.45. The summed E-state index contributed by atoms with van der Waals surface area (Å²) in [6.07, 6.45) is 4.84. The van der Waals surface area contributed by atoms with Crippen LogP contribution in [0.5, 0.6) is 11.5 Å². The molecule has 0 heterocycles. The second kappa shape index (κ2) is 8.31. The zero-order valence-electron chi connectivity index (χ0n) is 10.9. The first kappa shape index (κ1) is 15.2. The molecule has 0 fully saturated rings. The van der Waals surface area contributed by atoms with Crippen LogP contribution in [-0.4, -0.2) is 28.1 Å². The molecule has 0 saturated carbocycles. The molecule has 0 bridgehead atoms. The average molecular weight is 281 g/mol. The number of hydrogen-bond donors (Lipinski definition) is 4. The summed E-state index contributed by atoms with van der Waals surface area (Å²) in [6.45, 7) is 2.96. The molecule has 0 atom stereocenters. The summed E-state index contributed by atoms with van der Waals surface area (Å²) in [5.41, 5.74) is 3.17. The van der Waals surface area contributed by atoms with Crippen molar-refractivity contribution in [1.29, 1.82) is 0 Å². The number of aromatic hydroxyl groups is 2. The van der Waals surface area contributed by atoms with Crippen molar-refractivity contribution in [2.75, 3.05) is 6.54 Å². The molecule has 19 heavy (non-hydrogen) atoms. The van der Waals surface area contributed by atoms with E-state index in [4.69, 9.17) is 17.3 Å². The lowest BCUT2D eigenvalue weighted by atomic mass is 10.2. The van der Waals surface area contributed by atoms with Gasteiger partial charge in [0.2, 0.25) is 0 Å². The largest absolute Gasteiger partial charge is 0.508 e. The number of nitrogens with one attached hydrogen (secondary N) is 2. The first-order valence-corrected chi connectivity index (χ1v) is 6.63. The zero-order chi connectivity index (χ0) is 14.1. The standard InChI is InChI=1S/C13H19N3O2S/c1-2-3-4-7-14-13(19)16-15-9-10-5-6-11(17)8-12(10)18/h5-6,8-9,17-18H,2-4,7H2,1H3,(H2,14,16,19)/b15-9+. The molecule has 0 spiro atoms. The van der Waals surface area contributed by atoms with Crippen LogP contribution < -0.4 is 10.7 Å². The molecule has 0 radical (unpaired) electrons. The van der Waals surface area contributed by atoms with E-state index in [2.05, 4.69) is 22.8 Å². The average Bonchev–Trinajstić information content (AvgIpc) is 2.37. The summed E-state index contributed by atoms with van der Waals surface area (Å²) in [7, 11) is 0. The second-order valence-electron chi connectivity index (χ2n) is 4.08. The Morgan fingerprint density at radius 3 is 2.84 bits per heavy atom. The second-order valence-corrected chi connectivity index (χ2v) is 4.48. The highest BCUT2D eigenvalue weighted by atomic mass is 32.1. The Morgan fingerprint density at radius 2 is 2.16 bits per heavy atom. The number of thiocarbonyl (C=S) groups is 1. The van der Waals surface area contributed by atoms with Crippen LogP contribution in [0.2, 0.25) is 0 Å². The Hall–Kier alpha value is -1.82. The predicted molar refractivity (Wildman–Crippen MR) is 80.6 cm³/mol. The Bertz CT molecular complexity index is 450. The molecule has 0 saturated heterocycles. The third kappa shape index (κ3) is 6.05. The van der Waals surface area contributed by atoms with Gasteiger partial charge in [-0.3, -0.25) is 5.43 Å². The van der Waals surface area contributed by atoms with Gasteiger partial charge in [-0.1, -0.05) is 19.8 Å². The highest BCUT2D eigenvalue weighted by Crippen LogP contribution is 2.20. The number of phenolic OH excluding ortho intramolecular Hbond substituents is 2. The Morgan fingerprint density at radius 1 is 1.37 bits per heavy atom. The van der Waals surface area contributed by atoms with Gasteiger partial charge in [0.1, 0.15) is 11.5 Å². The maximum Gasteiger partial charge on any atom is 0.186 e. The van der Waals surface area contributed by atoms with Crippen molar-refractivity contribution in [2.24, 2.45) is 5.10 Å². The number of rotatable bonds is 6. The number of phenols is 2. The Balaban J connectivity index is 2.34. The number of hydrazone groups is 1. The molecule has 4 N–H and O–H groups in total. The van der Waals surface area contributed by atoms with Crippen molar-refractivity contribution in [2.45, 2.75) is 26.2 Å². The van der Waals surface area contributed by atoms with E-state index in [-0.39, 0.29) is 11.5 Å². The minimum Gasteiger partial charge on any atom is -0.508 e. The van der Waals surface area contributed by atoms with Gasteiger partial charge < -0.3 is 15.5 Å². The summed E-state index contributed by atoms with van der Waals surface area (Å²) >= 11 is 5.03. The minimum atomic E-state index is -0.0348. The van der Waals surface area contributed by atoms with Gasteiger partial charge in [-0.25, -0.2) is 0 Å². The van der Waals surface area contributed by atoms with Crippen LogP contribution >= 0.6 is 12.2 Å². The van der Waals surface area contributed by atoms with E-state index in [0.29, 0.717) is 10.7 Å². The molecule has 0 amide bonds. The molecule has 0 aromatic heterocycles. The van der Waals surface area contributed by atoms with Crippen molar-refractivity contribution < 1.29 is 10.2 Å². The number of benzene rings is 1. The highest BCUT2D eigenvalue weighted by Gasteiger charge is 1.99. The van der Waals surface area contributed by atoms with E-state index < -0.39 is 0 Å². The van der Waals surface area contributed by atoms with Crippen LogP contribution in [0.4, 0.5) is 0 Å². The van der Waals surface area contributed by atoms with E-state index in [0.717, 1.165) is 13.0 Å². The number of hydrogen-bond acceptors (Lipinski definition) is 4. The van der Waals surface area contributed by atoms with Gasteiger partial charge in [0.25, 0.3) is 0 Å². The SMILES string of the molecule is CCCCCNC(=S)N/N=C/c1ccc(O)cc1O. The lowest BCUT2D eigenvalue weighted by molar-refractivity contribution is 0.450. The summed E-state index contributed by atoms with van der Waals surface area (Å²) in [5.74, 6) is -0.0249. The molecule has 1 aromatic carbocycles. The smallest absolute Gasteiger partial charge is 0.186 e. The van der Waals surface area contributed by atoms with Crippen LogP contribution in [-0.2, 0) is 0 Å². The van der Waals surface area contributed by atoms with E-state index >= 15 is 0 Å². The van der Waals surface area contributed by atoms with Crippen molar-refractivity contribution in [3.05, 3.63) is 23.8 Å². The fourth-order valence-electron chi connectivity index (χ4n) is 1.42. The maximum atomic E-state index is 9.53. The first-order valence-electron chi connectivity index (χ1n) is 6.22. The summed E-state index contributed by atoms with van der Waals surface area (Å²) in [4.78, 5) is 0. The lowest BCUT2D eigenvalue weighted by Crippen LogP contribution is -2.32. The van der Waals surface area contributed by atoms with E-state index in [1.54, 1.807) is 6.07 Å². The molecular weight excluding hydrogens is 262 g/mol. The van der Waals surface area contributed by atoms with Crippen molar-refractivity contribution in [3.8, 4) is 11.5 Å². The van der Waals surface area contributed by atoms with E-state index in [1.807, 2.05) is 0 Å². The monoisotopic (exact) mass is 281 g/mol. The van der Waals surface area contributed by atoms with Crippen molar-refractivity contribution in [1.82, 2.24) is 10.7 Å². The van der Waals surface area contributed by atoms with Gasteiger partial charge in [-0.05, 0) is 30.8 Å². The quantitative estimate of drug-likeness (QED) is 0.278. The molecular formula is C13H19N3O2S. The topological polar surface area (TPSA) is 76.9 Å².